The van der Waals surface area contributed by atoms with Crippen LogP contribution < -0.4 is 10.1 Å². The number of fused-ring (bicyclic) bond motifs is 1. The number of nitrogens with one attached hydrogen (secondary N) is 1. The number of benzene rings is 2. The molecule has 2 atom stereocenters. The number of anilines is 1. The predicted octanol–water partition coefficient (Wildman–Crippen LogP) is 4.45. The zero-order valence-electron chi connectivity index (χ0n) is 15.6. The molecule has 2 unspecified atom stereocenters. The summed E-state index contributed by atoms with van der Waals surface area (Å²) >= 11 is 3.67. The minimum absolute atomic E-state index is 0.134. The van der Waals surface area contributed by atoms with Gasteiger partial charge in [-0.15, -0.1) is 0 Å². The number of para-hydroxylation sites is 1. The molecule has 2 aromatic carbocycles. The molecule has 0 aromatic heterocycles. The fourth-order valence-corrected chi connectivity index (χ4v) is 4.78. The quantitative estimate of drug-likeness (QED) is 0.764. The molecule has 0 radical (unpaired) electrons. The van der Waals surface area contributed by atoms with Crippen molar-refractivity contribution in [2.24, 2.45) is 5.92 Å². The molecule has 1 N–H and O–H groups in total. The van der Waals surface area contributed by atoms with E-state index in [1.165, 1.54) is 17.5 Å². The van der Waals surface area contributed by atoms with Gasteiger partial charge in [0.2, 0.25) is 5.91 Å². The van der Waals surface area contributed by atoms with Gasteiger partial charge >= 0.3 is 0 Å². The van der Waals surface area contributed by atoms with E-state index in [9.17, 15) is 4.79 Å². The Morgan fingerprint density at radius 3 is 2.96 bits per heavy atom. The van der Waals surface area contributed by atoms with Gasteiger partial charge in [0, 0.05) is 35.6 Å². The zero-order chi connectivity index (χ0) is 18.8. The maximum absolute atomic E-state index is 12.1. The second-order valence-electron chi connectivity index (χ2n) is 7.61. The van der Waals surface area contributed by atoms with Crippen LogP contribution >= 0.6 is 15.9 Å². The molecule has 2 heterocycles. The van der Waals surface area contributed by atoms with Crippen LogP contribution in [0.3, 0.4) is 0 Å². The molecule has 0 saturated carbocycles. The zero-order valence-corrected chi connectivity index (χ0v) is 17.2. The van der Waals surface area contributed by atoms with Gasteiger partial charge in [-0.05, 0) is 60.7 Å². The van der Waals surface area contributed by atoms with Gasteiger partial charge in [0.1, 0.15) is 5.75 Å². The molecule has 0 spiro atoms. The Balaban J connectivity index is 1.40. The lowest BCUT2D eigenvalue weighted by molar-refractivity contribution is -0.116. The van der Waals surface area contributed by atoms with Crippen LogP contribution in [-0.4, -0.2) is 37.6 Å². The largest absolute Gasteiger partial charge is 0.497 e. The van der Waals surface area contributed by atoms with Crippen LogP contribution in [0.15, 0.2) is 46.9 Å². The first-order valence-corrected chi connectivity index (χ1v) is 10.3. The minimum atomic E-state index is 0.134. The van der Waals surface area contributed by atoms with Crippen LogP contribution in [0.1, 0.15) is 29.9 Å². The van der Waals surface area contributed by atoms with Crippen LogP contribution in [-0.2, 0) is 11.2 Å². The van der Waals surface area contributed by atoms with Crippen molar-refractivity contribution in [3.8, 4) is 5.75 Å². The van der Waals surface area contributed by atoms with E-state index < -0.39 is 0 Å². The number of carbonyl (C=O) groups excluding carboxylic acids is 1. The number of halogens is 1. The smallest absolute Gasteiger partial charge is 0.225 e. The molecular formula is C22H25BrN2O2. The van der Waals surface area contributed by atoms with Gasteiger partial charge in [0.05, 0.1) is 7.11 Å². The molecular weight excluding hydrogens is 404 g/mol. The Bertz CT molecular complexity index is 839. The number of ether oxygens (including phenoxy) is 1. The predicted molar refractivity (Wildman–Crippen MR) is 111 cm³/mol. The average Bonchev–Trinajstić information content (AvgIpc) is 3.10. The van der Waals surface area contributed by atoms with Gasteiger partial charge in [0.25, 0.3) is 0 Å². The molecule has 5 heteroatoms. The summed E-state index contributed by atoms with van der Waals surface area (Å²) in [5.41, 5.74) is 3.56. The Morgan fingerprint density at radius 2 is 2.11 bits per heavy atom. The number of rotatable bonds is 5. The topological polar surface area (TPSA) is 41.6 Å². The molecule has 4 nitrogen and oxygen atoms in total. The monoisotopic (exact) mass is 428 g/mol. The third kappa shape index (κ3) is 4.19. The van der Waals surface area contributed by atoms with Crippen LogP contribution in [0.25, 0.3) is 0 Å². The van der Waals surface area contributed by atoms with Gasteiger partial charge in [-0.1, -0.05) is 34.1 Å². The molecule has 27 heavy (non-hydrogen) atoms. The molecule has 1 fully saturated rings. The fourth-order valence-electron chi connectivity index (χ4n) is 4.37. The number of nitrogens with zero attached hydrogens (tertiary/aromatic N) is 1. The van der Waals surface area contributed by atoms with Crippen molar-refractivity contribution < 1.29 is 9.53 Å². The summed E-state index contributed by atoms with van der Waals surface area (Å²) in [7, 11) is 1.71. The van der Waals surface area contributed by atoms with E-state index >= 15 is 0 Å². The highest BCUT2D eigenvalue weighted by atomic mass is 79.9. The summed E-state index contributed by atoms with van der Waals surface area (Å²) in [4.78, 5) is 14.6. The highest BCUT2D eigenvalue weighted by molar-refractivity contribution is 9.10. The van der Waals surface area contributed by atoms with E-state index in [0.717, 1.165) is 42.0 Å². The second-order valence-corrected chi connectivity index (χ2v) is 8.47. The summed E-state index contributed by atoms with van der Waals surface area (Å²) < 4.78 is 6.52. The highest BCUT2D eigenvalue weighted by Gasteiger charge is 2.30. The number of hydrogen-bond acceptors (Lipinski definition) is 3. The first-order valence-electron chi connectivity index (χ1n) is 9.56. The SMILES string of the molecule is COc1ccc(Br)c(CC2CCN(CC3CC(=O)Nc4ccccc43)C2)c1. The maximum atomic E-state index is 12.1. The number of amides is 1. The highest BCUT2D eigenvalue weighted by Crippen LogP contribution is 2.34. The van der Waals surface area contributed by atoms with E-state index in [0.29, 0.717) is 12.3 Å². The summed E-state index contributed by atoms with van der Waals surface area (Å²) in [6, 6.07) is 14.4. The Hall–Kier alpha value is -1.85. The van der Waals surface area contributed by atoms with Gasteiger partial charge in [0.15, 0.2) is 0 Å². The van der Waals surface area contributed by atoms with Crippen molar-refractivity contribution in [3.05, 3.63) is 58.1 Å². The minimum Gasteiger partial charge on any atom is -0.497 e. The second kappa shape index (κ2) is 8.03. The Kier molecular flexibility index (Phi) is 5.50. The lowest BCUT2D eigenvalue weighted by Gasteiger charge is -2.29. The summed E-state index contributed by atoms with van der Waals surface area (Å²) in [5, 5.41) is 3.00. The van der Waals surface area contributed by atoms with Crippen molar-refractivity contribution >= 4 is 27.5 Å². The molecule has 0 bridgehead atoms. The fraction of sp³-hybridized carbons (Fsp3) is 0.409. The summed E-state index contributed by atoms with van der Waals surface area (Å²) in [6.45, 7) is 3.15. The molecule has 2 aliphatic heterocycles. The Labute approximate surface area is 169 Å². The first kappa shape index (κ1) is 18.5. The van der Waals surface area contributed by atoms with Crippen molar-refractivity contribution in [1.29, 1.82) is 0 Å². The molecule has 2 aliphatic rings. The lowest BCUT2D eigenvalue weighted by atomic mass is 9.90. The van der Waals surface area contributed by atoms with E-state index in [2.05, 4.69) is 50.4 Å². The van der Waals surface area contributed by atoms with Gasteiger partial charge in [-0.2, -0.15) is 0 Å². The molecule has 1 saturated heterocycles. The third-order valence-electron chi connectivity index (χ3n) is 5.72. The molecule has 2 aromatic rings. The molecule has 4 rings (SSSR count). The van der Waals surface area contributed by atoms with Crippen LogP contribution in [0.2, 0.25) is 0 Å². The van der Waals surface area contributed by atoms with Gasteiger partial charge in [-0.25, -0.2) is 0 Å². The van der Waals surface area contributed by atoms with Crippen molar-refractivity contribution in [1.82, 2.24) is 4.90 Å². The number of carbonyl (C=O) groups is 1. The van der Waals surface area contributed by atoms with Crippen LogP contribution in [0.5, 0.6) is 5.75 Å². The van der Waals surface area contributed by atoms with E-state index in [4.69, 9.17) is 4.74 Å². The van der Waals surface area contributed by atoms with E-state index in [1.807, 2.05) is 18.2 Å². The summed E-state index contributed by atoms with van der Waals surface area (Å²) in [6.07, 6.45) is 2.83. The summed E-state index contributed by atoms with van der Waals surface area (Å²) in [5.74, 6) is 1.97. The number of hydrogen-bond donors (Lipinski definition) is 1. The molecule has 0 aliphatic carbocycles. The van der Waals surface area contributed by atoms with Gasteiger partial charge < -0.3 is 15.0 Å². The first-order chi connectivity index (χ1) is 13.1. The normalized spacial score (nSPS) is 22.4. The standard InChI is InChI=1S/C22H25BrN2O2/c1-27-18-6-7-20(23)16(11-18)10-15-8-9-25(13-15)14-17-12-22(26)24-21-5-3-2-4-19(17)21/h2-7,11,15,17H,8-10,12-14H2,1H3,(H,24,26). The van der Waals surface area contributed by atoms with Gasteiger partial charge in [-0.3, -0.25) is 4.79 Å². The Morgan fingerprint density at radius 1 is 1.26 bits per heavy atom. The van der Waals surface area contributed by atoms with Crippen LogP contribution in [0.4, 0.5) is 5.69 Å². The van der Waals surface area contributed by atoms with Crippen molar-refractivity contribution in [2.45, 2.75) is 25.2 Å². The van der Waals surface area contributed by atoms with Crippen molar-refractivity contribution in [2.75, 3.05) is 32.1 Å². The maximum Gasteiger partial charge on any atom is 0.225 e. The lowest BCUT2D eigenvalue weighted by Crippen LogP contribution is -2.32. The van der Waals surface area contributed by atoms with E-state index in [1.54, 1.807) is 7.11 Å². The van der Waals surface area contributed by atoms with Crippen molar-refractivity contribution in [3.63, 3.8) is 0 Å². The third-order valence-corrected chi connectivity index (χ3v) is 6.49. The average molecular weight is 429 g/mol. The molecule has 142 valence electrons. The number of likely N-dealkylation sites (tertiary alicyclic amines) is 1. The molecule has 1 amide bonds. The number of methoxy groups -OCH3 is 1. The van der Waals surface area contributed by atoms with Crippen LogP contribution in [0, 0.1) is 5.92 Å². The van der Waals surface area contributed by atoms with E-state index in [-0.39, 0.29) is 11.8 Å².